The first-order chi connectivity index (χ1) is 9.05. The number of aliphatic hydroxyl groups is 1. The van der Waals surface area contributed by atoms with Crippen LogP contribution in [0.15, 0.2) is 0 Å². The second-order valence-corrected chi connectivity index (χ2v) is 5.83. The summed E-state index contributed by atoms with van der Waals surface area (Å²) in [5.41, 5.74) is -0.159. The van der Waals surface area contributed by atoms with Crippen LogP contribution in [0.2, 0.25) is 0 Å². The lowest BCUT2D eigenvalue weighted by Gasteiger charge is -2.29. The van der Waals surface area contributed by atoms with Gasteiger partial charge in [-0.05, 0) is 39.0 Å². The molecule has 0 aromatic heterocycles. The highest BCUT2D eigenvalue weighted by atomic mass is 16.5. The summed E-state index contributed by atoms with van der Waals surface area (Å²) >= 11 is 0. The molecule has 0 aliphatic carbocycles. The lowest BCUT2D eigenvalue weighted by atomic mass is 9.83. The lowest BCUT2D eigenvalue weighted by Crippen LogP contribution is -2.39. The van der Waals surface area contributed by atoms with Crippen molar-refractivity contribution in [1.82, 2.24) is 5.32 Å². The number of aliphatic hydroxyl groups excluding tert-OH is 1. The molecule has 0 spiro atoms. The van der Waals surface area contributed by atoms with Crippen molar-refractivity contribution < 1.29 is 14.6 Å². The molecule has 0 saturated carbocycles. The maximum absolute atomic E-state index is 11.8. The van der Waals surface area contributed by atoms with Crippen LogP contribution in [0.3, 0.4) is 0 Å². The zero-order chi connectivity index (χ0) is 14.3. The summed E-state index contributed by atoms with van der Waals surface area (Å²) in [7, 11) is 0. The Morgan fingerprint density at radius 2 is 2.05 bits per heavy atom. The molecule has 2 atom stereocenters. The number of hydrogen-bond donors (Lipinski definition) is 2. The number of rotatable bonds is 8. The first kappa shape index (κ1) is 16.4. The summed E-state index contributed by atoms with van der Waals surface area (Å²) in [6, 6.07) is 0. The Balaban J connectivity index is 2.23. The quantitative estimate of drug-likeness (QED) is 0.712. The molecule has 1 aliphatic heterocycles. The van der Waals surface area contributed by atoms with Gasteiger partial charge in [-0.2, -0.15) is 0 Å². The third-order valence-corrected chi connectivity index (χ3v) is 4.51. The highest BCUT2D eigenvalue weighted by Crippen LogP contribution is 2.25. The summed E-state index contributed by atoms with van der Waals surface area (Å²) in [6.07, 6.45) is 5.85. The Bertz CT molecular complexity index is 268. The molecule has 1 heterocycles. The van der Waals surface area contributed by atoms with Crippen molar-refractivity contribution in [1.29, 1.82) is 0 Å². The van der Waals surface area contributed by atoms with E-state index in [4.69, 9.17) is 4.74 Å². The minimum Gasteiger partial charge on any atom is -0.396 e. The van der Waals surface area contributed by atoms with Gasteiger partial charge >= 0.3 is 0 Å². The Hall–Kier alpha value is -0.610. The van der Waals surface area contributed by atoms with E-state index in [-0.39, 0.29) is 24.0 Å². The van der Waals surface area contributed by atoms with Gasteiger partial charge in [-0.25, -0.2) is 0 Å². The van der Waals surface area contributed by atoms with E-state index in [1.807, 2.05) is 0 Å². The van der Waals surface area contributed by atoms with Crippen LogP contribution in [0, 0.1) is 5.41 Å². The van der Waals surface area contributed by atoms with E-state index in [2.05, 4.69) is 26.1 Å². The van der Waals surface area contributed by atoms with Crippen molar-refractivity contribution in [2.24, 2.45) is 5.41 Å². The molecule has 2 unspecified atom stereocenters. The van der Waals surface area contributed by atoms with Crippen LogP contribution in [0.4, 0.5) is 0 Å². The zero-order valence-corrected chi connectivity index (χ0v) is 12.6. The third-order valence-electron chi connectivity index (χ3n) is 4.51. The van der Waals surface area contributed by atoms with Gasteiger partial charge in [0, 0.05) is 18.4 Å². The van der Waals surface area contributed by atoms with Crippen LogP contribution < -0.4 is 5.32 Å². The number of carbonyl (C=O) groups excluding carboxylic acids is 1. The lowest BCUT2D eigenvalue weighted by molar-refractivity contribution is -0.122. The predicted octanol–water partition coefficient (Wildman–Crippen LogP) is 2.25. The molecule has 1 saturated heterocycles. The molecule has 1 aliphatic rings. The maximum atomic E-state index is 11.8. The fraction of sp³-hybridized carbons (Fsp3) is 0.933. The number of amides is 1. The van der Waals surface area contributed by atoms with Crippen molar-refractivity contribution in [3.63, 3.8) is 0 Å². The van der Waals surface area contributed by atoms with E-state index < -0.39 is 0 Å². The van der Waals surface area contributed by atoms with Gasteiger partial charge in [0.25, 0.3) is 0 Å². The van der Waals surface area contributed by atoms with Gasteiger partial charge < -0.3 is 15.2 Å². The zero-order valence-electron chi connectivity index (χ0n) is 12.6. The summed E-state index contributed by atoms with van der Waals surface area (Å²) in [4.78, 5) is 11.8. The molecule has 1 amide bonds. The van der Waals surface area contributed by atoms with Gasteiger partial charge in [0.1, 0.15) is 0 Å². The van der Waals surface area contributed by atoms with Crippen molar-refractivity contribution >= 4 is 5.91 Å². The summed E-state index contributed by atoms with van der Waals surface area (Å²) in [6.45, 7) is 6.89. The van der Waals surface area contributed by atoms with E-state index in [1.165, 1.54) is 0 Å². The van der Waals surface area contributed by atoms with Crippen molar-refractivity contribution in [2.75, 3.05) is 13.2 Å². The van der Waals surface area contributed by atoms with Gasteiger partial charge in [-0.3, -0.25) is 4.79 Å². The second kappa shape index (κ2) is 7.85. The Morgan fingerprint density at radius 1 is 1.37 bits per heavy atom. The molecule has 4 heteroatoms. The molecule has 4 nitrogen and oxygen atoms in total. The topological polar surface area (TPSA) is 58.6 Å². The predicted molar refractivity (Wildman–Crippen MR) is 75.9 cm³/mol. The molecule has 112 valence electrons. The van der Waals surface area contributed by atoms with Gasteiger partial charge in [0.2, 0.25) is 5.91 Å². The Morgan fingerprint density at radius 3 is 2.53 bits per heavy atom. The Labute approximate surface area is 116 Å². The fourth-order valence-electron chi connectivity index (χ4n) is 2.54. The molecule has 0 aromatic carbocycles. The van der Waals surface area contributed by atoms with E-state index in [0.717, 1.165) is 32.1 Å². The van der Waals surface area contributed by atoms with Gasteiger partial charge in [0.05, 0.1) is 18.8 Å². The largest absolute Gasteiger partial charge is 0.396 e. The average Bonchev–Trinajstić information content (AvgIpc) is 2.84. The van der Waals surface area contributed by atoms with Crippen LogP contribution >= 0.6 is 0 Å². The van der Waals surface area contributed by atoms with E-state index >= 15 is 0 Å². The van der Waals surface area contributed by atoms with E-state index in [9.17, 15) is 9.90 Å². The SMILES string of the molecule is CCC(CC)(CO)CNC(=O)CCC1CCC(C)O1. The maximum Gasteiger partial charge on any atom is 0.220 e. The number of hydrogen-bond acceptors (Lipinski definition) is 3. The molecule has 1 fully saturated rings. The van der Waals surface area contributed by atoms with Crippen LogP contribution in [0.1, 0.15) is 59.3 Å². The number of ether oxygens (including phenoxy) is 1. The van der Waals surface area contributed by atoms with Gasteiger partial charge in [0.15, 0.2) is 0 Å². The van der Waals surface area contributed by atoms with Crippen molar-refractivity contribution in [2.45, 2.75) is 71.5 Å². The molecule has 2 N–H and O–H groups in total. The van der Waals surface area contributed by atoms with Crippen LogP contribution in [0.5, 0.6) is 0 Å². The van der Waals surface area contributed by atoms with Crippen molar-refractivity contribution in [3.05, 3.63) is 0 Å². The Kier molecular flexibility index (Phi) is 6.80. The fourth-order valence-corrected chi connectivity index (χ4v) is 2.54. The normalized spacial score (nSPS) is 23.6. The minimum absolute atomic E-state index is 0.0721. The van der Waals surface area contributed by atoms with Gasteiger partial charge in [-0.1, -0.05) is 13.8 Å². The standard InChI is InChI=1S/C15H29NO3/c1-4-15(5-2,11-17)10-16-14(18)9-8-13-7-6-12(3)19-13/h12-13,17H,4-11H2,1-3H3,(H,16,18). The van der Waals surface area contributed by atoms with E-state index in [0.29, 0.717) is 19.1 Å². The molecule has 0 aromatic rings. The highest BCUT2D eigenvalue weighted by molar-refractivity contribution is 5.75. The first-order valence-electron chi connectivity index (χ1n) is 7.58. The smallest absolute Gasteiger partial charge is 0.220 e. The highest BCUT2D eigenvalue weighted by Gasteiger charge is 2.26. The molecular weight excluding hydrogens is 242 g/mol. The summed E-state index contributed by atoms with van der Waals surface area (Å²) in [5, 5.41) is 12.4. The first-order valence-corrected chi connectivity index (χ1v) is 7.58. The molecule has 0 bridgehead atoms. The van der Waals surface area contributed by atoms with Crippen LogP contribution in [-0.2, 0) is 9.53 Å². The second-order valence-electron chi connectivity index (χ2n) is 5.83. The monoisotopic (exact) mass is 271 g/mol. The average molecular weight is 271 g/mol. The molecular formula is C15H29NO3. The van der Waals surface area contributed by atoms with Crippen LogP contribution in [0.25, 0.3) is 0 Å². The summed E-state index contributed by atoms with van der Waals surface area (Å²) < 4.78 is 5.70. The minimum atomic E-state index is -0.159. The molecule has 19 heavy (non-hydrogen) atoms. The number of carbonyl (C=O) groups is 1. The van der Waals surface area contributed by atoms with E-state index in [1.54, 1.807) is 0 Å². The van der Waals surface area contributed by atoms with Gasteiger partial charge in [-0.15, -0.1) is 0 Å². The van der Waals surface area contributed by atoms with Crippen LogP contribution in [-0.4, -0.2) is 36.4 Å². The molecule has 1 rings (SSSR count). The number of nitrogens with one attached hydrogen (secondary N) is 1. The summed E-state index contributed by atoms with van der Waals surface area (Å²) in [5.74, 6) is 0.0721. The van der Waals surface area contributed by atoms with Crippen molar-refractivity contribution in [3.8, 4) is 0 Å². The molecule has 0 radical (unpaired) electrons. The third kappa shape index (κ3) is 5.11.